The molecule has 21 heavy (non-hydrogen) atoms. The van der Waals surface area contributed by atoms with Crippen molar-refractivity contribution >= 4 is 28.9 Å². The first-order chi connectivity index (χ1) is 9.77. The Morgan fingerprint density at radius 1 is 1.14 bits per heavy atom. The molecule has 0 aliphatic carbocycles. The molecule has 1 heterocycles. The topological polar surface area (TPSA) is 37.8 Å². The van der Waals surface area contributed by atoms with E-state index in [4.69, 9.17) is 23.2 Å². The normalized spacial score (nSPS) is 11.5. The van der Waals surface area contributed by atoms with E-state index < -0.39 is 11.7 Å². The van der Waals surface area contributed by atoms with Gasteiger partial charge in [0.15, 0.2) is 10.3 Å². The predicted octanol–water partition coefficient (Wildman–Crippen LogP) is 4.72. The lowest BCUT2D eigenvalue weighted by Crippen LogP contribution is -2.07. The predicted molar refractivity (Wildman–Crippen MR) is 75.6 cm³/mol. The highest BCUT2D eigenvalue weighted by Gasteiger charge is 2.30. The molecule has 0 amide bonds. The average Bonchev–Trinajstić information content (AvgIpc) is 2.36. The van der Waals surface area contributed by atoms with Gasteiger partial charge in [-0.25, -0.2) is 9.97 Å². The molecule has 8 heteroatoms. The fourth-order valence-electron chi connectivity index (χ4n) is 1.70. The monoisotopic (exact) mass is 335 g/mol. The van der Waals surface area contributed by atoms with Crippen molar-refractivity contribution in [2.75, 3.05) is 5.32 Å². The minimum absolute atomic E-state index is 0.121. The SMILES string of the molecule is Cc1nc(Cl)c(NCc2cccc(C(F)(F)F)c2)c(Cl)n1. The summed E-state index contributed by atoms with van der Waals surface area (Å²) in [5, 5.41) is 3.10. The van der Waals surface area contributed by atoms with Crippen molar-refractivity contribution in [3.05, 3.63) is 51.5 Å². The van der Waals surface area contributed by atoms with Gasteiger partial charge in [-0.05, 0) is 24.6 Å². The smallest absolute Gasteiger partial charge is 0.376 e. The molecule has 0 aliphatic heterocycles. The Balaban J connectivity index is 2.18. The van der Waals surface area contributed by atoms with E-state index in [0.29, 0.717) is 17.1 Å². The Labute approximate surface area is 129 Å². The summed E-state index contributed by atoms with van der Waals surface area (Å²) in [5.41, 5.74) is 0.0260. The number of hydrogen-bond acceptors (Lipinski definition) is 3. The Bertz CT molecular complexity index is 636. The van der Waals surface area contributed by atoms with Gasteiger partial charge in [-0.3, -0.25) is 0 Å². The summed E-state index contributed by atoms with van der Waals surface area (Å²) >= 11 is 11.9. The summed E-state index contributed by atoms with van der Waals surface area (Å²) in [5.74, 6) is 0.412. The Morgan fingerprint density at radius 3 is 2.33 bits per heavy atom. The summed E-state index contributed by atoms with van der Waals surface area (Å²) in [6.45, 7) is 1.75. The third kappa shape index (κ3) is 3.98. The van der Waals surface area contributed by atoms with Crippen LogP contribution in [0.25, 0.3) is 0 Å². The second-order valence-corrected chi connectivity index (χ2v) is 5.00. The number of aryl methyl sites for hydroxylation is 1. The molecule has 0 fully saturated rings. The standard InChI is InChI=1S/C13H10Cl2F3N3/c1-7-20-11(14)10(12(15)21-7)19-6-8-3-2-4-9(5-8)13(16,17)18/h2-5,19H,6H2,1H3. The number of nitrogens with one attached hydrogen (secondary N) is 1. The summed E-state index contributed by atoms with van der Waals surface area (Å²) < 4.78 is 37.9. The number of rotatable bonds is 3. The minimum Gasteiger partial charge on any atom is -0.376 e. The quantitative estimate of drug-likeness (QED) is 0.824. The van der Waals surface area contributed by atoms with E-state index in [2.05, 4.69) is 15.3 Å². The molecule has 0 aliphatic rings. The van der Waals surface area contributed by atoms with Crippen LogP contribution >= 0.6 is 23.2 Å². The first kappa shape index (κ1) is 15.9. The minimum atomic E-state index is -4.38. The van der Waals surface area contributed by atoms with Crippen LogP contribution in [0.4, 0.5) is 18.9 Å². The zero-order chi connectivity index (χ0) is 15.6. The second kappa shape index (κ2) is 6.07. The molecular weight excluding hydrogens is 326 g/mol. The van der Waals surface area contributed by atoms with E-state index in [-0.39, 0.29) is 16.9 Å². The molecule has 0 bridgehead atoms. The zero-order valence-corrected chi connectivity index (χ0v) is 12.3. The molecule has 1 N–H and O–H groups in total. The molecule has 112 valence electrons. The van der Waals surface area contributed by atoms with Crippen molar-refractivity contribution in [1.29, 1.82) is 0 Å². The van der Waals surface area contributed by atoms with Crippen molar-refractivity contribution in [2.24, 2.45) is 0 Å². The zero-order valence-electron chi connectivity index (χ0n) is 10.8. The molecule has 0 unspecified atom stereocenters. The fraction of sp³-hybridized carbons (Fsp3) is 0.231. The first-order valence-corrected chi connectivity index (χ1v) is 6.62. The Hall–Kier alpha value is -1.53. The van der Waals surface area contributed by atoms with Crippen LogP contribution in [0, 0.1) is 6.92 Å². The van der Waals surface area contributed by atoms with Gasteiger partial charge in [-0.15, -0.1) is 0 Å². The van der Waals surface area contributed by atoms with Gasteiger partial charge in [-0.2, -0.15) is 13.2 Å². The average molecular weight is 336 g/mol. The van der Waals surface area contributed by atoms with Crippen LogP contribution < -0.4 is 5.32 Å². The van der Waals surface area contributed by atoms with Crippen molar-refractivity contribution in [3.8, 4) is 0 Å². The van der Waals surface area contributed by atoms with Gasteiger partial charge in [0, 0.05) is 6.54 Å². The first-order valence-electron chi connectivity index (χ1n) is 5.87. The molecule has 1 aromatic carbocycles. The Kier molecular flexibility index (Phi) is 4.58. The third-order valence-corrected chi connectivity index (χ3v) is 3.20. The molecule has 0 saturated heterocycles. The van der Waals surface area contributed by atoms with Crippen LogP contribution in [0.1, 0.15) is 17.0 Å². The molecular formula is C13H10Cl2F3N3. The molecule has 2 rings (SSSR count). The molecule has 1 aromatic heterocycles. The summed E-state index contributed by atoms with van der Waals surface area (Å²) in [4.78, 5) is 7.86. The van der Waals surface area contributed by atoms with Gasteiger partial charge in [0.25, 0.3) is 0 Å². The van der Waals surface area contributed by atoms with Crippen LogP contribution in [-0.4, -0.2) is 9.97 Å². The highest BCUT2D eigenvalue weighted by atomic mass is 35.5. The van der Waals surface area contributed by atoms with Crippen LogP contribution in [-0.2, 0) is 12.7 Å². The number of alkyl halides is 3. The number of benzene rings is 1. The van der Waals surface area contributed by atoms with Crippen molar-refractivity contribution in [1.82, 2.24) is 9.97 Å². The van der Waals surface area contributed by atoms with Gasteiger partial charge in [0.05, 0.1) is 5.56 Å². The van der Waals surface area contributed by atoms with E-state index in [0.717, 1.165) is 12.1 Å². The fourth-order valence-corrected chi connectivity index (χ4v) is 2.31. The highest BCUT2D eigenvalue weighted by Crippen LogP contribution is 2.30. The van der Waals surface area contributed by atoms with Crippen molar-refractivity contribution in [3.63, 3.8) is 0 Å². The molecule has 0 atom stereocenters. The number of nitrogens with zero attached hydrogens (tertiary/aromatic N) is 2. The lowest BCUT2D eigenvalue weighted by atomic mass is 10.1. The van der Waals surface area contributed by atoms with E-state index in [1.807, 2.05) is 0 Å². The second-order valence-electron chi connectivity index (χ2n) is 4.28. The number of halogens is 5. The number of aromatic nitrogens is 2. The summed E-state index contributed by atoms with van der Waals surface area (Å²) in [6.07, 6.45) is -4.38. The van der Waals surface area contributed by atoms with Gasteiger partial charge >= 0.3 is 6.18 Å². The summed E-state index contributed by atoms with van der Waals surface area (Å²) in [6, 6.07) is 4.98. The molecule has 0 saturated carbocycles. The maximum absolute atomic E-state index is 12.6. The molecule has 3 nitrogen and oxygen atoms in total. The van der Waals surface area contributed by atoms with E-state index >= 15 is 0 Å². The van der Waals surface area contributed by atoms with Gasteiger partial charge in [0.2, 0.25) is 0 Å². The van der Waals surface area contributed by atoms with Gasteiger partial charge in [-0.1, -0.05) is 35.3 Å². The number of hydrogen-bond donors (Lipinski definition) is 1. The lowest BCUT2D eigenvalue weighted by Gasteiger charge is -2.12. The van der Waals surface area contributed by atoms with E-state index in [1.165, 1.54) is 6.07 Å². The maximum Gasteiger partial charge on any atom is 0.416 e. The highest BCUT2D eigenvalue weighted by molar-refractivity contribution is 6.37. The van der Waals surface area contributed by atoms with Crippen LogP contribution in [0.3, 0.4) is 0 Å². The largest absolute Gasteiger partial charge is 0.416 e. The van der Waals surface area contributed by atoms with Crippen molar-refractivity contribution < 1.29 is 13.2 Å². The third-order valence-electron chi connectivity index (χ3n) is 2.66. The van der Waals surface area contributed by atoms with Crippen LogP contribution in [0.2, 0.25) is 10.3 Å². The van der Waals surface area contributed by atoms with Gasteiger partial charge in [0.1, 0.15) is 11.5 Å². The van der Waals surface area contributed by atoms with Crippen LogP contribution in [0.5, 0.6) is 0 Å². The molecule has 0 radical (unpaired) electrons. The number of anilines is 1. The lowest BCUT2D eigenvalue weighted by molar-refractivity contribution is -0.137. The maximum atomic E-state index is 12.6. The molecule has 2 aromatic rings. The van der Waals surface area contributed by atoms with Crippen LogP contribution in [0.15, 0.2) is 24.3 Å². The van der Waals surface area contributed by atoms with E-state index in [9.17, 15) is 13.2 Å². The summed E-state index contributed by atoms with van der Waals surface area (Å²) in [7, 11) is 0. The van der Waals surface area contributed by atoms with Gasteiger partial charge < -0.3 is 5.32 Å². The van der Waals surface area contributed by atoms with E-state index in [1.54, 1.807) is 13.0 Å². The van der Waals surface area contributed by atoms with Crippen molar-refractivity contribution in [2.45, 2.75) is 19.6 Å². The Morgan fingerprint density at radius 2 is 1.76 bits per heavy atom. The molecule has 0 spiro atoms.